The molecule has 0 atom stereocenters. The topological polar surface area (TPSA) is 66.9 Å². The van der Waals surface area contributed by atoms with Gasteiger partial charge in [-0.1, -0.05) is 12.8 Å². The van der Waals surface area contributed by atoms with Crippen molar-refractivity contribution >= 4 is 11.7 Å². The van der Waals surface area contributed by atoms with Crippen LogP contribution in [0.3, 0.4) is 0 Å². The minimum atomic E-state index is -0.130. The molecule has 0 radical (unpaired) electrons. The van der Waals surface area contributed by atoms with Crippen LogP contribution in [0.15, 0.2) is 12.4 Å². The lowest BCUT2D eigenvalue weighted by molar-refractivity contribution is 0.0902. The third-order valence-electron chi connectivity index (χ3n) is 3.36. The predicted octanol–water partition coefficient (Wildman–Crippen LogP) is 1.97. The van der Waals surface area contributed by atoms with Gasteiger partial charge in [0, 0.05) is 12.1 Å². The molecule has 0 saturated heterocycles. The van der Waals surface area contributed by atoms with Gasteiger partial charge in [0.2, 0.25) is 0 Å². The van der Waals surface area contributed by atoms with E-state index in [2.05, 4.69) is 27.5 Å². The second-order valence-electron chi connectivity index (χ2n) is 5.04. The van der Waals surface area contributed by atoms with E-state index in [1.165, 1.54) is 19.0 Å². The normalized spacial score (nSPS) is 17.4. The highest BCUT2D eigenvalue weighted by atomic mass is 16.2. The highest BCUT2D eigenvalue weighted by Crippen LogP contribution is 2.28. The zero-order valence-electron chi connectivity index (χ0n) is 11.0. The Morgan fingerprint density at radius 3 is 2.61 bits per heavy atom. The molecule has 1 aliphatic carbocycles. The molecule has 0 spiro atoms. The van der Waals surface area contributed by atoms with E-state index in [-0.39, 0.29) is 11.4 Å². The van der Waals surface area contributed by atoms with Crippen molar-refractivity contribution in [1.29, 1.82) is 0 Å². The molecule has 0 aromatic carbocycles. The van der Waals surface area contributed by atoms with E-state index >= 15 is 0 Å². The number of hydrogen-bond acceptors (Lipinski definition) is 4. The van der Waals surface area contributed by atoms with Crippen molar-refractivity contribution in [1.82, 2.24) is 15.3 Å². The molecule has 1 heterocycles. The van der Waals surface area contributed by atoms with Crippen LogP contribution in [0, 0.1) is 0 Å². The molecule has 1 saturated carbocycles. The van der Waals surface area contributed by atoms with Crippen molar-refractivity contribution in [2.75, 3.05) is 11.9 Å². The van der Waals surface area contributed by atoms with E-state index in [1.807, 2.05) is 6.92 Å². The molecule has 1 aromatic rings. The lowest BCUT2D eigenvalue weighted by atomic mass is 10.0. The van der Waals surface area contributed by atoms with E-state index in [9.17, 15) is 4.79 Å². The van der Waals surface area contributed by atoms with Gasteiger partial charge in [0.1, 0.15) is 11.5 Å². The maximum Gasteiger partial charge on any atom is 0.271 e. The summed E-state index contributed by atoms with van der Waals surface area (Å²) in [5.41, 5.74) is 0.309. The first-order valence-electron chi connectivity index (χ1n) is 6.51. The highest BCUT2D eigenvalue weighted by Gasteiger charge is 2.30. The van der Waals surface area contributed by atoms with Crippen LogP contribution in [-0.4, -0.2) is 28.0 Å². The standard InChI is InChI=1S/C13H20N4O/c1-3-14-11-9-15-10(8-16-11)12(18)17-13(2)6-4-5-7-13/h8-9H,3-7H2,1-2H3,(H,14,16)(H,17,18). The summed E-state index contributed by atoms with van der Waals surface area (Å²) in [5.74, 6) is 0.566. The molecular weight excluding hydrogens is 228 g/mol. The Labute approximate surface area is 107 Å². The van der Waals surface area contributed by atoms with Gasteiger partial charge in [-0.15, -0.1) is 0 Å². The van der Waals surface area contributed by atoms with Crippen molar-refractivity contribution in [3.63, 3.8) is 0 Å². The zero-order valence-corrected chi connectivity index (χ0v) is 11.0. The van der Waals surface area contributed by atoms with Crippen molar-refractivity contribution in [2.45, 2.75) is 45.1 Å². The number of rotatable bonds is 4. The van der Waals surface area contributed by atoms with E-state index in [0.717, 1.165) is 19.4 Å². The number of carbonyl (C=O) groups is 1. The van der Waals surface area contributed by atoms with Crippen LogP contribution in [0.5, 0.6) is 0 Å². The molecule has 0 aliphatic heterocycles. The summed E-state index contributed by atoms with van der Waals surface area (Å²) in [5, 5.41) is 6.11. The molecule has 1 aromatic heterocycles. The lowest BCUT2D eigenvalue weighted by Gasteiger charge is -2.24. The first-order chi connectivity index (χ1) is 8.63. The van der Waals surface area contributed by atoms with Gasteiger partial charge in [0.25, 0.3) is 5.91 Å². The molecule has 1 fully saturated rings. The molecule has 1 amide bonds. The number of aromatic nitrogens is 2. The Morgan fingerprint density at radius 1 is 1.33 bits per heavy atom. The largest absolute Gasteiger partial charge is 0.369 e. The quantitative estimate of drug-likeness (QED) is 0.855. The fraction of sp³-hybridized carbons (Fsp3) is 0.615. The molecule has 98 valence electrons. The van der Waals surface area contributed by atoms with Crippen molar-refractivity contribution in [3.05, 3.63) is 18.1 Å². The molecule has 18 heavy (non-hydrogen) atoms. The first-order valence-corrected chi connectivity index (χ1v) is 6.51. The molecule has 5 nitrogen and oxygen atoms in total. The Kier molecular flexibility index (Phi) is 3.79. The Hall–Kier alpha value is -1.65. The van der Waals surface area contributed by atoms with Gasteiger partial charge >= 0.3 is 0 Å². The van der Waals surface area contributed by atoms with Gasteiger partial charge in [-0.05, 0) is 26.7 Å². The number of hydrogen-bond donors (Lipinski definition) is 2. The monoisotopic (exact) mass is 248 g/mol. The van der Waals surface area contributed by atoms with E-state index in [0.29, 0.717) is 11.5 Å². The number of nitrogens with zero attached hydrogens (tertiary/aromatic N) is 2. The number of amides is 1. The third-order valence-corrected chi connectivity index (χ3v) is 3.36. The maximum atomic E-state index is 12.0. The molecular formula is C13H20N4O. The summed E-state index contributed by atoms with van der Waals surface area (Å²) in [6.07, 6.45) is 7.56. The van der Waals surface area contributed by atoms with Crippen LogP contribution < -0.4 is 10.6 Å². The summed E-state index contributed by atoms with van der Waals surface area (Å²) in [6.45, 7) is 4.87. The van der Waals surface area contributed by atoms with Crippen LogP contribution in [0.25, 0.3) is 0 Å². The first kappa shape index (κ1) is 12.8. The summed E-state index contributed by atoms with van der Waals surface area (Å²) in [7, 11) is 0. The van der Waals surface area contributed by atoms with Gasteiger partial charge in [0.15, 0.2) is 0 Å². The van der Waals surface area contributed by atoms with Crippen LogP contribution in [0.1, 0.15) is 50.0 Å². The average Bonchev–Trinajstić information content (AvgIpc) is 2.77. The summed E-state index contributed by atoms with van der Waals surface area (Å²) in [6, 6.07) is 0. The number of anilines is 1. The van der Waals surface area contributed by atoms with Crippen molar-refractivity contribution in [3.8, 4) is 0 Å². The second kappa shape index (κ2) is 5.33. The highest BCUT2D eigenvalue weighted by molar-refractivity contribution is 5.92. The Balaban J connectivity index is 2.00. The Morgan fingerprint density at radius 2 is 2.06 bits per heavy atom. The minimum absolute atomic E-state index is 0.0703. The van der Waals surface area contributed by atoms with Crippen LogP contribution in [0.4, 0.5) is 5.82 Å². The molecule has 1 aliphatic rings. The fourth-order valence-corrected chi connectivity index (χ4v) is 2.34. The van der Waals surface area contributed by atoms with Gasteiger partial charge in [-0.2, -0.15) is 0 Å². The molecule has 2 rings (SSSR count). The molecule has 5 heteroatoms. The van der Waals surface area contributed by atoms with Crippen LogP contribution in [0.2, 0.25) is 0 Å². The fourth-order valence-electron chi connectivity index (χ4n) is 2.34. The summed E-state index contributed by atoms with van der Waals surface area (Å²) in [4.78, 5) is 20.3. The van der Waals surface area contributed by atoms with Crippen LogP contribution >= 0.6 is 0 Å². The number of nitrogens with one attached hydrogen (secondary N) is 2. The van der Waals surface area contributed by atoms with Gasteiger partial charge < -0.3 is 10.6 Å². The van der Waals surface area contributed by atoms with E-state index < -0.39 is 0 Å². The SMILES string of the molecule is CCNc1cnc(C(=O)NC2(C)CCCC2)cn1. The minimum Gasteiger partial charge on any atom is -0.369 e. The van der Waals surface area contributed by atoms with Crippen LogP contribution in [-0.2, 0) is 0 Å². The van der Waals surface area contributed by atoms with E-state index in [4.69, 9.17) is 0 Å². The van der Waals surface area contributed by atoms with Gasteiger partial charge in [-0.25, -0.2) is 9.97 Å². The lowest BCUT2D eigenvalue weighted by Crippen LogP contribution is -2.43. The van der Waals surface area contributed by atoms with Crippen molar-refractivity contribution < 1.29 is 4.79 Å². The Bertz CT molecular complexity index is 410. The summed E-state index contributed by atoms with van der Waals surface area (Å²) >= 11 is 0. The molecule has 0 bridgehead atoms. The summed E-state index contributed by atoms with van der Waals surface area (Å²) < 4.78 is 0. The zero-order chi connectivity index (χ0) is 13.0. The molecule has 0 unspecified atom stereocenters. The molecule has 2 N–H and O–H groups in total. The van der Waals surface area contributed by atoms with E-state index in [1.54, 1.807) is 6.20 Å². The second-order valence-corrected chi connectivity index (χ2v) is 5.04. The predicted molar refractivity (Wildman–Crippen MR) is 70.5 cm³/mol. The third kappa shape index (κ3) is 2.97. The number of carbonyl (C=O) groups excluding carboxylic acids is 1. The maximum absolute atomic E-state index is 12.0. The van der Waals surface area contributed by atoms with Gasteiger partial charge in [-0.3, -0.25) is 4.79 Å². The smallest absolute Gasteiger partial charge is 0.271 e. The average molecular weight is 248 g/mol. The van der Waals surface area contributed by atoms with Crippen molar-refractivity contribution in [2.24, 2.45) is 0 Å². The van der Waals surface area contributed by atoms with Gasteiger partial charge in [0.05, 0.1) is 12.4 Å².